The van der Waals surface area contributed by atoms with Crippen molar-refractivity contribution in [3.05, 3.63) is 76.9 Å². The first-order valence-corrected chi connectivity index (χ1v) is 6.74. The lowest BCUT2D eigenvalue weighted by Crippen LogP contribution is -2.20. The molecule has 3 heteroatoms. The fourth-order valence-corrected chi connectivity index (χ4v) is 2.35. The second-order valence-corrected chi connectivity index (χ2v) is 4.96. The molecule has 0 radical (unpaired) electrons. The van der Waals surface area contributed by atoms with Crippen LogP contribution >= 0.6 is 0 Å². The van der Waals surface area contributed by atoms with Crippen LogP contribution in [0.15, 0.2) is 60.2 Å². The summed E-state index contributed by atoms with van der Waals surface area (Å²) in [4.78, 5) is 24.4. The zero-order valence-corrected chi connectivity index (χ0v) is 11.6. The number of allylic oxidation sites excluding steroid dienone is 1. The molecule has 0 fully saturated rings. The van der Waals surface area contributed by atoms with E-state index >= 15 is 0 Å². The van der Waals surface area contributed by atoms with Crippen LogP contribution in [0.25, 0.3) is 0 Å². The van der Waals surface area contributed by atoms with Crippen LogP contribution in [0.4, 0.5) is 0 Å². The highest BCUT2D eigenvalue weighted by atomic mass is 16.5. The molecule has 0 aromatic heterocycles. The Morgan fingerprint density at radius 3 is 2.33 bits per heavy atom. The number of ether oxygens (including phenoxy) is 1. The number of Topliss-reactive ketones (excluding diaryl/α,β-unsaturated/α-hetero) is 1. The number of rotatable bonds is 3. The highest BCUT2D eigenvalue weighted by molar-refractivity contribution is 6.24. The molecule has 0 amide bonds. The van der Waals surface area contributed by atoms with Crippen LogP contribution in [0.2, 0.25) is 0 Å². The van der Waals surface area contributed by atoms with E-state index in [2.05, 4.69) is 0 Å². The van der Waals surface area contributed by atoms with Gasteiger partial charge in [0.2, 0.25) is 0 Å². The smallest absolute Gasteiger partial charge is 0.193 e. The maximum absolute atomic E-state index is 12.4. The van der Waals surface area contributed by atoms with E-state index in [0.717, 1.165) is 11.3 Å². The molecule has 2 aromatic carbocycles. The molecule has 0 saturated carbocycles. The summed E-state index contributed by atoms with van der Waals surface area (Å²) in [6, 6.07) is 14.4. The van der Waals surface area contributed by atoms with Gasteiger partial charge >= 0.3 is 0 Å². The van der Waals surface area contributed by atoms with Crippen LogP contribution in [0, 0.1) is 6.92 Å². The van der Waals surface area contributed by atoms with Crippen molar-refractivity contribution < 1.29 is 14.3 Å². The number of hydrogen-bond donors (Lipinski definition) is 0. The van der Waals surface area contributed by atoms with Crippen LogP contribution in [0.3, 0.4) is 0 Å². The van der Waals surface area contributed by atoms with Gasteiger partial charge in [0.25, 0.3) is 0 Å². The molecule has 3 rings (SSSR count). The Labute approximate surface area is 122 Å². The molecule has 1 aliphatic rings. The third-order valence-electron chi connectivity index (χ3n) is 3.51. The van der Waals surface area contributed by atoms with Gasteiger partial charge in [-0.15, -0.1) is 0 Å². The van der Waals surface area contributed by atoms with Crippen LogP contribution in [0.1, 0.15) is 26.3 Å². The Hall–Kier alpha value is -2.68. The third-order valence-corrected chi connectivity index (χ3v) is 3.51. The van der Waals surface area contributed by atoms with Crippen LogP contribution < -0.4 is 4.74 Å². The number of aryl methyl sites for hydroxylation is 1. The van der Waals surface area contributed by atoms with Gasteiger partial charge in [0.05, 0.1) is 0 Å². The molecular formula is C18H14O3. The van der Waals surface area contributed by atoms with E-state index in [0.29, 0.717) is 16.7 Å². The van der Waals surface area contributed by atoms with E-state index in [1.54, 1.807) is 24.3 Å². The van der Waals surface area contributed by atoms with E-state index in [1.807, 2.05) is 31.2 Å². The molecule has 0 unspecified atom stereocenters. The van der Waals surface area contributed by atoms with Crippen molar-refractivity contribution in [2.24, 2.45) is 0 Å². The van der Waals surface area contributed by atoms with E-state index < -0.39 is 0 Å². The van der Waals surface area contributed by atoms with Gasteiger partial charge in [0.1, 0.15) is 12.4 Å². The second-order valence-electron chi connectivity index (χ2n) is 4.96. The Morgan fingerprint density at radius 1 is 0.905 bits per heavy atom. The third kappa shape index (κ3) is 2.50. The maximum Gasteiger partial charge on any atom is 0.193 e. The molecule has 21 heavy (non-hydrogen) atoms. The van der Waals surface area contributed by atoms with Gasteiger partial charge in [-0.05, 0) is 24.6 Å². The van der Waals surface area contributed by atoms with E-state index in [-0.39, 0.29) is 18.2 Å². The molecule has 1 aliphatic carbocycles. The molecule has 0 atom stereocenters. The van der Waals surface area contributed by atoms with Gasteiger partial charge in [-0.1, -0.05) is 42.5 Å². The summed E-state index contributed by atoms with van der Waals surface area (Å²) in [6.07, 6.45) is 1.38. The van der Waals surface area contributed by atoms with Crippen molar-refractivity contribution in [1.29, 1.82) is 0 Å². The van der Waals surface area contributed by atoms with Gasteiger partial charge in [-0.3, -0.25) is 9.59 Å². The Morgan fingerprint density at radius 2 is 1.57 bits per heavy atom. The van der Waals surface area contributed by atoms with Gasteiger partial charge < -0.3 is 4.74 Å². The normalized spacial score (nSPS) is 13.7. The number of ketones is 2. The molecule has 0 aliphatic heterocycles. The number of hydrogen-bond acceptors (Lipinski definition) is 3. The summed E-state index contributed by atoms with van der Waals surface area (Å²) in [5, 5.41) is 0. The minimum Gasteiger partial charge on any atom is -0.488 e. The summed E-state index contributed by atoms with van der Waals surface area (Å²) >= 11 is 0. The van der Waals surface area contributed by atoms with Crippen molar-refractivity contribution in [2.75, 3.05) is 6.61 Å². The average molecular weight is 278 g/mol. The molecule has 104 valence electrons. The van der Waals surface area contributed by atoms with Crippen molar-refractivity contribution in [3.8, 4) is 5.75 Å². The highest BCUT2D eigenvalue weighted by Gasteiger charge is 2.25. The van der Waals surface area contributed by atoms with Crippen LogP contribution in [0.5, 0.6) is 5.75 Å². The molecule has 0 N–H and O–H groups in total. The standard InChI is InChI=1S/C18H14O3/c1-12-6-2-5-9-17(12)21-11-13-10-16(19)14-7-3-4-8-15(14)18(13)20/h2-10H,11H2,1H3. The number of carbonyl (C=O) groups excluding carboxylic acids is 2. The number of fused-ring (bicyclic) bond motifs is 1. The molecule has 3 nitrogen and oxygen atoms in total. The van der Waals surface area contributed by atoms with E-state index in [9.17, 15) is 9.59 Å². The summed E-state index contributed by atoms with van der Waals surface area (Å²) < 4.78 is 5.67. The number of para-hydroxylation sites is 1. The Bertz CT molecular complexity index is 757. The zero-order chi connectivity index (χ0) is 14.8. The first-order chi connectivity index (χ1) is 10.2. The average Bonchev–Trinajstić information content (AvgIpc) is 2.51. The summed E-state index contributed by atoms with van der Waals surface area (Å²) in [6.45, 7) is 2.04. The van der Waals surface area contributed by atoms with Gasteiger partial charge in [-0.2, -0.15) is 0 Å². The molecule has 0 bridgehead atoms. The van der Waals surface area contributed by atoms with Crippen molar-refractivity contribution >= 4 is 11.6 Å². The summed E-state index contributed by atoms with van der Waals surface area (Å²) in [5.41, 5.74) is 2.30. The molecule has 0 heterocycles. The fraction of sp³-hybridized carbons (Fsp3) is 0.111. The van der Waals surface area contributed by atoms with E-state index in [1.165, 1.54) is 6.08 Å². The molecule has 2 aromatic rings. The molecule has 0 saturated heterocycles. The lowest BCUT2D eigenvalue weighted by molar-refractivity contribution is 0.0974. The predicted molar refractivity (Wildman–Crippen MR) is 79.9 cm³/mol. The van der Waals surface area contributed by atoms with Crippen LogP contribution in [-0.2, 0) is 0 Å². The minimum atomic E-state index is -0.145. The number of benzene rings is 2. The quantitative estimate of drug-likeness (QED) is 0.864. The monoisotopic (exact) mass is 278 g/mol. The SMILES string of the molecule is Cc1ccccc1OCC1=CC(=O)c2ccccc2C1=O. The summed E-state index contributed by atoms with van der Waals surface area (Å²) in [7, 11) is 0. The van der Waals surface area contributed by atoms with Crippen LogP contribution in [-0.4, -0.2) is 18.2 Å². The largest absolute Gasteiger partial charge is 0.488 e. The maximum atomic E-state index is 12.4. The topological polar surface area (TPSA) is 43.4 Å². The van der Waals surface area contributed by atoms with Gasteiger partial charge in [0, 0.05) is 16.7 Å². The highest BCUT2D eigenvalue weighted by Crippen LogP contribution is 2.23. The minimum absolute atomic E-state index is 0.101. The zero-order valence-electron chi connectivity index (χ0n) is 11.6. The lowest BCUT2D eigenvalue weighted by atomic mass is 9.90. The fourth-order valence-electron chi connectivity index (χ4n) is 2.35. The van der Waals surface area contributed by atoms with E-state index in [4.69, 9.17) is 4.74 Å². The summed E-state index contributed by atoms with van der Waals surface area (Å²) in [5.74, 6) is 0.435. The Balaban J connectivity index is 1.83. The number of carbonyl (C=O) groups is 2. The first kappa shape index (κ1) is 13.3. The lowest BCUT2D eigenvalue weighted by Gasteiger charge is -2.16. The van der Waals surface area contributed by atoms with Crippen molar-refractivity contribution in [1.82, 2.24) is 0 Å². The van der Waals surface area contributed by atoms with Crippen molar-refractivity contribution in [3.63, 3.8) is 0 Å². The Kier molecular flexibility index (Phi) is 3.40. The van der Waals surface area contributed by atoms with Gasteiger partial charge in [-0.25, -0.2) is 0 Å². The first-order valence-electron chi connectivity index (χ1n) is 6.74. The van der Waals surface area contributed by atoms with Crippen molar-refractivity contribution in [2.45, 2.75) is 6.92 Å². The van der Waals surface area contributed by atoms with Gasteiger partial charge in [0.15, 0.2) is 11.6 Å². The second kappa shape index (κ2) is 5.37. The molecular weight excluding hydrogens is 264 g/mol. The molecule has 0 spiro atoms. The predicted octanol–water partition coefficient (Wildman–Crippen LogP) is 3.38.